The van der Waals surface area contributed by atoms with Gasteiger partial charge in [-0.3, -0.25) is 4.57 Å². The van der Waals surface area contributed by atoms with Crippen molar-refractivity contribution >= 4 is 27.0 Å². The molecule has 0 radical (unpaired) electrons. The van der Waals surface area contributed by atoms with E-state index in [4.69, 9.17) is 0 Å². The van der Waals surface area contributed by atoms with E-state index in [0.717, 1.165) is 16.5 Å². The summed E-state index contributed by atoms with van der Waals surface area (Å²) in [4.78, 5) is 4.52. The number of rotatable bonds is 2. The Hall–Kier alpha value is -1.61. The number of aromatic nitrogens is 2. The van der Waals surface area contributed by atoms with Crippen molar-refractivity contribution in [3.8, 4) is 5.69 Å². The second kappa shape index (κ2) is 5.06. The first kappa shape index (κ1) is 13.4. The molecular formula is C17H17BrN2. The van der Waals surface area contributed by atoms with Crippen LogP contribution in [-0.2, 0) is 5.33 Å². The zero-order valence-corrected chi connectivity index (χ0v) is 13.5. The molecule has 0 spiro atoms. The molecule has 0 saturated carbocycles. The van der Waals surface area contributed by atoms with Gasteiger partial charge in [0.05, 0.1) is 11.0 Å². The second-order valence-corrected chi connectivity index (χ2v) is 5.84. The predicted octanol–water partition coefficient (Wildman–Crippen LogP) is 4.85. The minimum absolute atomic E-state index is 0.891. The van der Waals surface area contributed by atoms with Crippen LogP contribution in [-0.4, -0.2) is 9.55 Å². The maximum Gasteiger partial charge on any atom is 0.100 e. The van der Waals surface area contributed by atoms with Gasteiger partial charge >= 0.3 is 0 Å². The Morgan fingerprint density at radius 2 is 1.75 bits per heavy atom. The number of hydrogen-bond donors (Lipinski definition) is 0. The van der Waals surface area contributed by atoms with E-state index in [2.05, 4.69) is 76.6 Å². The molecule has 0 aliphatic rings. The van der Waals surface area contributed by atoms with Gasteiger partial charge in [0.15, 0.2) is 0 Å². The van der Waals surface area contributed by atoms with E-state index >= 15 is 0 Å². The number of fused-ring (bicyclic) bond motifs is 1. The van der Waals surface area contributed by atoms with Crippen molar-refractivity contribution < 1.29 is 0 Å². The van der Waals surface area contributed by atoms with Crippen molar-refractivity contribution in [2.45, 2.75) is 26.1 Å². The van der Waals surface area contributed by atoms with Gasteiger partial charge in [0, 0.05) is 11.0 Å². The third kappa shape index (κ3) is 2.16. The Labute approximate surface area is 127 Å². The summed E-state index contributed by atoms with van der Waals surface area (Å²) in [6.07, 6.45) is 1.91. The number of aryl methyl sites for hydroxylation is 3. The maximum atomic E-state index is 4.52. The molecule has 0 aliphatic carbocycles. The maximum absolute atomic E-state index is 4.52. The van der Waals surface area contributed by atoms with E-state index in [1.165, 1.54) is 27.8 Å². The van der Waals surface area contributed by atoms with Crippen molar-refractivity contribution in [3.05, 3.63) is 58.9 Å². The normalized spacial score (nSPS) is 11.2. The largest absolute Gasteiger partial charge is 0.299 e. The van der Waals surface area contributed by atoms with Crippen molar-refractivity contribution in [3.63, 3.8) is 0 Å². The van der Waals surface area contributed by atoms with E-state index in [1.807, 2.05) is 6.33 Å². The standard InChI is InChI=1S/C17H17BrN2/c1-11-7-16-17(8-12(11)2)20(10-19-16)15-5-4-14(9-18)13(3)6-15/h4-8,10H,9H2,1-3H3. The molecule has 3 heteroatoms. The number of nitrogens with zero attached hydrogens (tertiary/aromatic N) is 2. The van der Waals surface area contributed by atoms with Gasteiger partial charge in [0.25, 0.3) is 0 Å². The fraction of sp³-hybridized carbons (Fsp3) is 0.235. The van der Waals surface area contributed by atoms with Crippen LogP contribution in [0.3, 0.4) is 0 Å². The van der Waals surface area contributed by atoms with Crippen molar-refractivity contribution in [1.29, 1.82) is 0 Å². The smallest absolute Gasteiger partial charge is 0.100 e. The van der Waals surface area contributed by atoms with Crippen LogP contribution in [0.5, 0.6) is 0 Å². The van der Waals surface area contributed by atoms with E-state index in [1.54, 1.807) is 0 Å². The Morgan fingerprint density at radius 1 is 1.00 bits per heavy atom. The summed E-state index contributed by atoms with van der Waals surface area (Å²) in [7, 11) is 0. The van der Waals surface area contributed by atoms with E-state index in [9.17, 15) is 0 Å². The number of alkyl halides is 1. The summed E-state index contributed by atoms with van der Waals surface area (Å²) in [6.45, 7) is 6.42. The van der Waals surface area contributed by atoms with Crippen LogP contribution in [0.2, 0.25) is 0 Å². The van der Waals surface area contributed by atoms with E-state index in [0.29, 0.717) is 0 Å². The fourth-order valence-electron chi connectivity index (χ4n) is 2.45. The van der Waals surface area contributed by atoms with Crippen LogP contribution >= 0.6 is 15.9 Å². The number of hydrogen-bond acceptors (Lipinski definition) is 1. The van der Waals surface area contributed by atoms with Gasteiger partial charge in [0.2, 0.25) is 0 Å². The topological polar surface area (TPSA) is 17.8 Å². The first-order valence-corrected chi connectivity index (χ1v) is 7.82. The highest BCUT2D eigenvalue weighted by Crippen LogP contribution is 2.23. The van der Waals surface area contributed by atoms with E-state index in [-0.39, 0.29) is 0 Å². The van der Waals surface area contributed by atoms with Gasteiger partial charge in [-0.2, -0.15) is 0 Å². The summed E-state index contributed by atoms with van der Waals surface area (Å²) in [5.74, 6) is 0. The van der Waals surface area contributed by atoms with Gasteiger partial charge in [0.1, 0.15) is 6.33 Å². The van der Waals surface area contributed by atoms with Gasteiger partial charge in [-0.05, 0) is 67.3 Å². The van der Waals surface area contributed by atoms with Crippen molar-refractivity contribution in [1.82, 2.24) is 9.55 Å². The van der Waals surface area contributed by atoms with E-state index < -0.39 is 0 Å². The molecule has 2 nitrogen and oxygen atoms in total. The molecule has 0 fully saturated rings. The Morgan fingerprint density at radius 3 is 2.45 bits per heavy atom. The molecule has 102 valence electrons. The second-order valence-electron chi connectivity index (χ2n) is 5.28. The van der Waals surface area contributed by atoms with Gasteiger partial charge in [-0.15, -0.1) is 0 Å². The van der Waals surface area contributed by atoms with Crippen LogP contribution in [0, 0.1) is 20.8 Å². The first-order chi connectivity index (χ1) is 9.60. The lowest BCUT2D eigenvalue weighted by Gasteiger charge is -2.09. The number of benzene rings is 2. The lowest BCUT2D eigenvalue weighted by Crippen LogP contribution is -1.95. The molecule has 1 heterocycles. The molecule has 3 rings (SSSR count). The average Bonchev–Trinajstić information content (AvgIpc) is 2.82. The lowest BCUT2D eigenvalue weighted by molar-refractivity contribution is 1.08. The lowest BCUT2D eigenvalue weighted by atomic mass is 10.1. The zero-order valence-electron chi connectivity index (χ0n) is 11.9. The Balaban J connectivity index is 2.19. The predicted molar refractivity (Wildman–Crippen MR) is 87.9 cm³/mol. The summed E-state index contributed by atoms with van der Waals surface area (Å²) < 4.78 is 2.16. The highest BCUT2D eigenvalue weighted by molar-refractivity contribution is 9.08. The molecule has 3 aromatic rings. The average molecular weight is 329 g/mol. The third-order valence-electron chi connectivity index (χ3n) is 3.91. The molecule has 1 aromatic heterocycles. The monoisotopic (exact) mass is 328 g/mol. The quantitative estimate of drug-likeness (QED) is 0.615. The van der Waals surface area contributed by atoms with Crippen LogP contribution in [0.1, 0.15) is 22.3 Å². The highest BCUT2D eigenvalue weighted by Gasteiger charge is 2.07. The highest BCUT2D eigenvalue weighted by atomic mass is 79.9. The van der Waals surface area contributed by atoms with Gasteiger partial charge < -0.3 is 0 Å². The SMILES string of the molecule is Cc1cc2ncn(-c3ccc(CBr)c(C)c3)c2cc1C. The summed E-state index contributed by atoms with van der Waals surface area (Å²) in [5, 5.41) is 0.891. The van der Waals surface area contributed by atoms with Gasteiger partial charge in [-0.25, -0.2) is 4.98 Å². The summed E-state index contributed by atoms with van der Waals surface area (Å²) in [6, 6.07) is 10.9. The molecule has 0 aliphatic heterocycles. The molecule has 2 aromatic carbocycles. The fourth-order valence-corrected chi connectivity index (χ4v) is 3.08. The third-order valence-corrected chi connectivity index (χ3v) is 4.52. The molecule has 0 unspecified atom stereocenters. The Bertz CT molecular complexity index is 787. The minimum Gasteiger partial charge on any atom is -0.299 e. The molecule has 0 N–H and O–H groups in total. The van der Waals surface area contributed by atoms with Crippen LogP contribution in [0.15, 0.2) is 36.7 Å². The molecule has 0 atom stereocenters. The van der Waals surface area contributed by atoms with Gasteiger partial charge in [-0.1, -0.05) is 22.0 Å². The number of imidazole rings is 1. The van der Waals surface area contributed by atoms with Crippen molar-refractivity contribution in [2.75, 3.05) is 0 Å². The molecular weight excluding hydrogens is 312 g/mol. The molecule has 0 bridgehead atoms. The van der Waals surface area contributed by atoms with Crippen LogP contribution in [0.4, 0.5) is 0 Å². The summed E-state index contributed by atoms with van der Waals surface area (Å²) >= 11 is 3.52. The Kier molecular flexibility index (Phi) is 3.38. The first-order valence-electron chi connectivity index (χ1n) is 6.70. The minimum atomic E-state index is 0.891. The summed E-state index contributed by atoms with van der Waals surface area (Å²) in [5.41, 5.74) is 8.59. The van der Waals surface area contributed by atoms with Crippen LogP contribution < -0.4 is 0 Å². The zero-order chi connectivity index (χ0) is 14.3. The molecule has 0 amide bonds. The van der Waals surface area contributed by atoms with Crippen LogP contribution in [0.25, 0.3) is 16.7 Å². The molecule has 0 saturated heterocycles. The van der Waals surface area contributed by atoms with Crippen molar-refractivity contribution in [2.24, 2.45) is 0 Å². The number of halogens is 1. The molecule has 20 heavy (non-hydrogen) atoms.